The maximum absolute atomic E-state index is 12.4. The lowest BCUT2D eigenvalue weighted by Gasteiger charge is -2.07. The molecule has 134 valence electrons. The van der Waals surface area contributed by atoms with Gasteiger partial charge >= 0.3 is 0 Å². The number of aromatic nitrogens is 2. The molecule has 5 nitrogen and oxygen atoms in total. The van der Waals surface area contributed by atoms with Crippen LogP contribution < -0.4 is 5.32 Å². The fourth-order valence-electron chi connectivity index (χ4n) is 2.73. The van der Waals surface area contributed by atoms with Gasteiger partial charge in [0.05, 0.1) is 23.1 Å². The molecular formula is C20H20BrN3O2. The van der Waals surface area contributed by atoms with Crippen LogP contribution in [0, 0.1) is 6.92 Å². The van der Waals surface area contributed by atoms with Crippen molar-refractivity contribution in [1.82, 2.24) is 15.1 Å². The van der Waals surface area contributed by atoms with E-state index < -0.39 is 0 Å². The van der Waals surface area contributed by atoms with Gasteiger partial charge in [-0.15, -0.1) is 0 Å². The van der Waals surface area contributed by atoms with Gasteiger partial charge in [0.15, 0.2) is 0 Å². The minimum Gasteiger partial charge on any atom is -0.508 e. The quantitative estimate of drug-likeness (QED) is 0.599. The predicted molar refractivity (Wildman–Crippen MR) is 105 cm³/mol. The highest BCUT2D eigenvalue weighted by Gasteiger charge is 2.14. The molecule has 0 aliphatic heterocycles. The van der Waals surface area contributed by atoms with Crippen molar-refractivity contribution in [3.63, 3.8) is 0 Å². The van der Waals surface area contributed by atoms with Gasteiger partial charge in [0.1, 0.15) is 5.75 Å². The van der Waals surface area contributed by atoms with Gasteiger partial charge in [0, 0.05) is 11.0 Å². The standard InChI is InChI=1S/C20H20BrN3O2/c1-14-19(13-23-24(14)17-8-6-16(21)7-9-17)20(26)22-12-2-3-15-4-10-18(25)11-5-15/h4-11,13,25H,2-3,12H2,1H3,(H,22,26). The van der Waals surface area contributed by atoms with Crippen LogP contribution in [0.15, 0.2) is 59.2 Å². The van der Waals surface area contributed by atoms with Gasteiger partial charge in [-0.05, 0) is 61.7 Å². The fourth-order valence-corrected chi connectivity index (χ4v) is 2.99. The van der Waals surface area contributed by atoms with E-state index in [-0.39, 0.29) is 11.7 Å². The molecule has 0 saturated heterocycles. The number of hydrogen-bond acceptors (Lipinski definition) is 3. The number of benzene rings is 2. The fraction of sp³-hybridized carbons (Fsp3) is 0.200. The summed E-state index contributed by atoms with van der Waals surface area (Å²) in [5, 5.41) is 16.6. The van der Waals surface area contributed by atoms with E-state index in [4.69, 9.17) is 0 Å². The van der Waals surface area contributed by atoms with Gasteiger partial charge in [0.25, 0.3) is 5.91 Å². The van der Waals surface area contributed by atoms with Crippen LogP contribution in [0.2, 0.25) is 0 Å². The molecule has 2 aromatic carbocycles. The molecule has 26 heavy (non-hydrogen) atoms. The molecule has 1 amide bonds. The molecule has 0 saturated carbocycles. The molecule has 0 radical (unpaired) electrons. The van der Waals surface area contributed by atoms with Crippen molar-refractivity contribution in [2.75, 3.05) is 6.54 Å². The van der Waals surface area contributed by atoms with Crippen molar-refractivity contribution in [3.8, 4) is 11.4 Å². The smallest absolute Gasteiger partial charge is 0.254 e. The molecule has 6 heteroatoms. The lowest BCUT2D eigenvalue weighted by molar-refractivity contribution is 0.0952. The molecule has 0 aliphatic rings. The van der Waals surface area contributed by atoms with Crippen LogP contribution in [-0.2, 0) is 6.42 Å². The average Bonchev–Trinajstić information content (AvgIpc) is 3.02. The summed E-state index contributed by atoms with van der Waals surface area (Å²) in [6.45, 7) is 2.48. The Morgan fingerprint density at radius 3 is 2.54 bits per heavy atom. The largest absolute Gasteiger partial charge is 0.508 e. The molecule has 1 aromatic heterocycles. The number of hydrogen-bond donors (Lipinski definition) is 2. The molecule has 0 spiro atoms. The van der Waals surface area contributed by atoms with Crippen molar-refractivity contribution in [1.29, 1.82) is 0 Å². The Morgan fingerprint density at radius 2 is 1.85 bits per heavy atom. The van der Waals surface area contributed by atoms with E-state index in [9.17, 15) is 9.90 Å². The van der Waals surface area contributed by atoms with Gasteiger partial charge in [-0.1, -0.05) is 28.1 Å². The highest BCUT2D eigenvalue weighted by molar-refractivity contribution is 9.10. The molecule has 0 unspecified atom stereocenters. The third kappa shape index (κ3) is 4.32. The summed E-state index contributed by atoms with van der Waals surface area (Å²) in [7, 11) is 0. The number of nitrogens with zero attached hydrogens (tertiary/aromatic N) is 2. The van der Waals surface area contributed by atoms with E-state index in [1.165, 1.54) is 0 Å². The van der Waals surface area contributed by atoms with Gasteiger partial charge in [-0.2, -0.15) is 5.10 Å². The topological polar surface area (TPSA) is 67.2 Å². The van der Waals surface area contributed by atoms with E-state index in [2.05, 4.69) is 26.3 Å². The first-order valence-corrected chi connectivity index (χ1v) is 9.20. The summed E-state index contributed by atoms with van der Waals surface area (Å²) in [4.78, 5) is 12.4. The third-order valence-corrected chi connectivity index (χ3v) is 4.72. The maximum Gasteiger partial charge on any atom is 0.254 e. The van der Waals surface area contributed by atoms with E-state index >= 15 is 0 Å². The van der Waals surface area contributed by atoms with E-state index in [1.54, 1.807) is 23.0 Å². The lowest BCUT2D eigenvalue weighted by Crippen LogP contribution is -2.25. The average molecular weight is 414 g/mol. The summed E-state index contributed by atoms with van der Waals surface area (Å²) >= 11 is 3.41. The molecular weight excluding hydrogens is 394 g/mol. The van der Waals surface area contributed by atoms with E-state index in [0.717, 1.165) is 34.3 Å². The Labute approximate surface area is 160 Å². The Morgan fingerprint density at radius 1 is 1.15 bits per heavy atom. The minimum atomic E-state index is -0.114. The zero-order chi connectivity index (χ0) is 18.5. The van der Waals surface area contributed by atoms with Gasteiger partial charge < -0.3 is 10.4 Å². The van der Waals surface area contributed by atoms with Crippen LogP contribution in [0.5, 0.6) is 5.75 Å². The number of phenolic OH excluding ortho intramolecular Hbond substituents is 1. The van der Waals surface area contributed by atoms with Gasteiger partial charge in [-0.25, -0.2) is 4.68 Å². The molecule has 3 aromatic rings. The summed E-state index contributed by atoms with van der Waals surface area (Å²) in [6, 6.07) is 14.9. The molecule has 0 atom stereocenters. The Hall–Kier alpha value is -2.60. The zero-order valence-corrected chi connectivity index (χ0v) is 16.0. The van der Waals surface area contributed by atoms with Crippen LogP contribution in [0.25, 0.3) is 5.69 Å². The second-order valence-corrected chi connectivity index (χ2v) is 6.97. The van der Waals surface area contributed by atoms with Crippen LogP contribution >= 0.6 is 15.9 Å². The molecule has 2 N–H and O–H groups in total. The highest BCUT2D eigenvalue weighted by Crippen LogP contribution is 2.17. The Bertz CT molecular complexity index is 886. The van der Waals surface area contributed by atoms with E-state index in [0.29, 0.717) is 12.1 Å². The summed E-state index contributed by atoms with van der Waals surface area (Å²) in [6.07, 6.45) is 3.28. The summed E-state index contributed by atoms with van der Waals surface area (Å²) < 4.78 is 2.76. The SMILES string of the molecule is Cc1c(C(=O)NCCCc2ccc(O)cc2)cnn1-c1ccc(Br)cc1. The van der Waals surface area contributed by atoms with E-state index in [1.807, 2.05) is 43.3 Å². The zero-order valence-electron chi connectivity index (χ0n) is 14.4. The Balaban J connectivity index is 1.56. The normalized spacial score (nSPS) is 10.7. The molecule has 1 heterocycles. The lowest BCUT2D eigenvalue weighted by atomic mass is 10.1. The van der Waals surface area contributed by atoms with Crippen LogP contribution in [0.3, 0.4) is 0 Å². The molecule has 0 aliphatic carbocycles. The predicted octanol–water partition coefficient (Wildman–Crippen LogP) is 4.01. The maximum atomic E-state index is 12.4. The first kappa shape index (κ1) is 18.2. The summed E-state index contributed by atoms with van der Waals surface area (Å²) in [5.74, 6) is 0.150. The molecule has 3 rings (SSSR count). The van der Waals surface area contributed by atoms with Crippen molar-refractivity contribution in [2.24, 2.45) is 0 Å². The van der Waals surface area contributed by atoms with Crippen LogP contribution in [-0.4, -0.2) is 27.3 Å². The second kappa shape index (κ2) is 8.19. The third-order valence-electron chi connectivity index (χ3n) is 4.19. The molecule has 0 fully saturated rings. The van der Waals surface area contributed by atoms with Gasteiger partial charge in [0.2, 0.25) is 0 Å². The van der Waals surface area contributed by atoms with Crippen molar-refractivity contribution < 1.29 is 9.90 Å². The number of aryl methyl sites for hydroxylation is 1. The second-order valence-electron chi connectivity index (χ2n) is 6.06. The summed E-state index contributed by atoms with van der Waals surface area (Å²) in [5.41, 5.74) is 3.44. The number of nitrogens with one attached hydrogen (secondary N) is 1. The number of amides is 1. The number of carbonyl (C=O) groups is 1. The van der Waals surface area contributed by atoms with Gasteiger partial charge in [-0.3, -0.25) is 4.79 Å². The highest BCUT2D eigenvalue weighted by atomic mass is 79.9. The first-order chi connectivity index (χ1) is 12.5. The number of carbonyl (C=O) groups excluding carboxylic acids is 1. The number of halogens is 1. The minimum absolute atomic E-state index is 0.114. The van der Waals surface area contributed by atoms with Crippen molar-refractivity contribution in [3.05, 3.63) is 76.0 Å². The number of phenols is 1. The first-order valence-electron chi connectivity index (χ1n) is 8.41. The monoisotopic (exact) mass is 413 g/mol. The van der Waals surface area contributed by atoms with Crippen LogP contribution in [0.4, 0.5) is 0 Å². The van der Waals surface area contributed by atoms with Crippen LogP contribution in [0.1, 0.15) is 28.0 Å². The van der Waals surface area contributed by atoms with Crippen molar-refractivity contribution >= 4 is 21.8 Å². The number of rotatable bonds is 6. The molecule has 0 bridgehead atoms. The number of aromatic hydroxyl groups is 1. The van der Waals surface area contributed by atoms with Crippen molar-refractivity contribution in [2.45, 2.75) is 19.8 Å². The Kier molecular flexibility index (Phi) is 5.73.